The molecule has 0 saturated carbocycles. The average Bonchev–Trinajstić information content (AvgIpc) is 2.30. The second-order valence-corrected chi connectivity index (χ2v) is 3.85. The van der Waals surface area contributed by atoms with Crippen molar-refractivity contribution in [1.29, 1.82) is 0 Å². The lowest BCUT2D eigenvalue weighted by Gasteiger charge is -2.16. The summed E-state index contributed by atoms with van der Waals surface area (Å²) in [5, 5.41) is 0. The predicted octanol–water partition coefficient (Wildman–Crippen LogP) is 1.36. The Hall–Kier alpha value is -1.22. The topological polar surface area (TPSA) is 47.0 Å². The van der Waals surface area contributed by atoms with Crippen molar-refractivity contribution in [3.05, 3.63) is 30.6 Å². The van der Waals surface area contributed by atoms with Crippen molar-refractivity contribution in [2.45, 2.75) is 38.3 Å². The third-order valence-corrected chi connectivity index (χ3v) is 2.58. The largest absolute Gasteiger partial charge is 0.294 e. The number of pyridine rings is 1. The van der Waals surface area contributed by atoms with Gasteiger partial charge in [0.25, 0.3) is 5.66 Å². The molecule has 3 heteroatoms. The van der Waals surface area contributed by atoms with Gasteiger partial charge in [0.15, 0.2) is 12.4 Å². The van der Waals surface area contributed by atoms with Crippen LogP contribution in [-0.4, -0.2) is 6.29 Å². The molecule has 1 aromatic rings. The Labute approximate surface area is 90.9 Å². The van der Waals surface area contributed by atoms with Crippen molar-refractivity contribution in [1.82, 2.24) is 0 Å². The maximum atomic E-state index is 11.1. The zero-order valence-electron chi connectivity index (χ0n) is 9.23. The van der Waals surface area contributed by atoms with E-state index in [-0.39, 0.29) is 0 Å². The molecular formula is C12H19N2O+. The predicted molar refractivity (Wildman–Crippen MR) is 59.0 cm³/mol. The summed E-state index contributed by atoms with van der Waals surface area (Å²) in [6.07, 6.45) is 8.42. The first kappa shape index (κ1) is 11.9. The van der Waals surface area contributed by atoms with Crippen LogP contribution in [0.4, 0.5) is 0 Å². The van der Waals surface area contributed by atoms with Crippen LogP contribution >= 0.6 is 0 Å². The van der Waals surface area contributed by atoms with Crippen molar-refractivity contribution in [2.24, 2.45) is 5.73 Å². The van der Waals surface area contributed by atoms with E-state index in [0.717, 1.165) is 25.5 Å². The van der Waals surface area contributed by atoms with Crippen LogP contribution in [0.15, 0.2) is 30.6 Å². The van der Waals surface area contributed by atoms with Crippen LogP contribution in [0, 0.1) is 0 Å². The van der Waals surface area contributed by atoms with Gasteiger partial charge in [-0.25, -0.2) is 0 Å². The second-order valence-electron chi connectivity index (χ2n) is 3.85. The summed E-state index contributed by atoms with van der Waals surface area (Å²) in [6, 6.07) is 5.67. The fraction of sp³-hybridized carbons (Fsp3) is 0.500. The normalized spacial score (nSPS) is 14.5. The van der Waals surface area contributed by atoms with Crippen LogP contribution < -0.4 is 10.3 Å². The number of nitrogens with zero attached hydrogens (tertiary/aromatic N) is 1. The molecule has 0 spiro atoms. The van der Waals surface area contributed by atoms with Gasteiger partial charge in [-0.15, -0.1) is 0 Å². The zero-order chi connectivity index (χ0) is 11.1. The first-order valence-corrected chi connectivity index (χ1v) is 5.45. The fourth-order valence-corrected chi connectivity index (χ4v) is 1.58. The molecule has 3 nitrogen and oxygen atoms in total. The molecule has 1 heterocycles. The van der Waals surface area contributed by atoms with Crippen LogP contribution in [0.3, 0.4) is 0 Å². The number of nitrogens with two attached hydrogens (primary N) is 1. The molecule has 0 aliphatic carbocycles. The lowest BCUT2D eigenvalue weighted by atomic mass is 10.0. The van der Waals surface area contributed by atoms with Crippen LogP contribution in [0.25, 0.3) is 0 Å². The molecule has 0 amide bonds. The molecule has 15 heavy (non-hydrogen) atoms. The summed E-state index contributed by atoms with van der Waals surface area (Å²) in [5.41, 5.74) is 5.18. The molecule has 82 valence electrons. The van der Waals surface area contributed by atoms with E-state index in [9.17, 15) is 4.79 Å². The zero-order valence-corrected chi connectivity index (χ0v) is 9.23. The van der Waals surface area contributed by atoms with Crippen LogP contribution in [0.1, 0.15) is 32.6 Å². The SMILES string of the molecule is CCCCCC(N)(C=O)[n+]1ccccc1. The highest BCUT2D eigenvalue weighted by molar-refractivity contribution is 5.57. The van der Waals surface area contributed by atoms with E-state index < -0.39 is 5.66 Å². The average molecular weight is 207 g/mol. The number of hydrogen-bond donors (Lipinski definition) is 1. The van der Waals surface area contributed by atoms with Gasteiger partial charge in [-0.3, -0.25) is 10.5 Å². The third kappa shape index (κ3) is 3.13. The summed E-state index contributed by atoms with van der Waals surface area (Å²) in [5.74, 6) is 0. The summed E-state index contributed by atoms with van der Waals surface area (Å²) < 4.78 is 1.77. The van der Waals surface area contributed by atoms with Crippen molar-refractivity contribution >= 4 is 6.29 Å². The Balaban J connectivity index is 2.72. The van der Waals surface area contributed by atoms with E-state index >= 15 is 0 Å². The fourth-order valence-electron chi connectivity index (χ4n) is 1.58. The van der Waals surface area contributed by atoms with E-state index in [1.165, 1.54) is 0 Å². The number of unbranched alkanes of at least 4 members (excludes halogenated alkanes) is 2. The Morgan fingerprint density at radius 3 is 2.47 bits per heavy atom. The van der Waals surface area contributed by atoms with Crippen LogP contribution in [0.5, 0.6) is 0 Å². The molecule has 2 N–H and O–H groups in total. The molecule has 0 bridgehead atoms. The standard InChI is InChI=1S/C12H19N2O/c1-2-3-5-8-12(13,11-15)14-9-6-4-7-10-14/h4,6-7,9-11H,2-3,5,8,13H2,1H3/q+1. The van der Waals surface area contributed by atoms with Crippen molar-refractivity contribution in [2.75, 3.05) is 0 Å². The molecule has 0 aliphatic rings. The monoisotopic (exact) mass is 207 g/mol. The molecule has 0 aliphatic heterocycles. The van der Waals surface area contributed by atoms with Crippen molar-refractivity contribution < 1.29 is 9.36 Å². The van der Waals surface area contributed by atoms with E-state index in [0.29, 0.717) is 6.42 Å². The van der Waals surface area contributed by atoms with Gasteiger partial charge in [0.05, 0.1) is 0 Å². The summed E-state index contributed by atoms with van der Waals surface area (Å²) in [7, 11) is 0. The van der Waals surface area contributed by atoms with E-state index in [2.05, 4.69) is 6.92 Å². The van der Waals surface area contributed by atoms with E-state index in [4.69, 9.17) is 5.73 Å². The van der Waals surface area contributed by atoms with Gasteiger partial charge in [-0.2, -0.15) is 4.57 Å². The molecule has 0 fully saturated rings. The Bertz CT molecular complexity index is 300. The third-order valence-electron chi connectivity index (χ3n) is 2.58. The van der Waals surface area contributed by atoms with Gasteiger partial charge in [-0.1, -0.05) is 25.8 Å². The highest BCUT2D eigenvalue weighted by Crippen LogP contribution is 2.09. The lowest BCUT2D eigenvalue weighted by Crippen LogP contribution is -2.63. The number of hydrogen-bond acceptors (Lipinski definition) is 2. The number of rotatable bonds is 6. The first-order chi connectivity index (χ1) is 7.23. The van der Waals surface area contributed by atoms with Gasteiger partial charge in [0.1, 0.15) is 0 Å². The molecule has 0 radical (unpaired) electrons. The number of carbonyl (C=O) groups excluding carboxylic acids is 1. The number of aldehydes is 1. The van der Waals surface area contributed by atoms with Crippen LogP contribution in [0.2, 0.25) is 0 Å². The molecule has 1 unspecified atom stereocenters. The van der Waals surface area contributed by atoms with Gasteiger partial charge >= 0.3 is 0 Å². The van der Waals surface area contributed by atoms with Gasteiger partial charge in [-0.05, 0) is 6.42 Å². The number of carbonyl (C=O) groups is 1. The quantitative estimate of drug-likeness (QED) is 0.435. The minimum atomic E-state index is -0.879. The first-order valence-electron chi connectivity index (χ1n) is 5.45. The molecule has 0 aromatic carbocycles. The van der Waals surface area contributed by atoms with Gasteiger partial charge < -0.3 is 0 Å². The summed E-state index contributed by atoms with van der Waals surface area (Å²) in [4.78, 5) is 11.1. The molecule has 1 atom stereocenters. The summed E-state index contributed by atoms with van der Waals surface area (Å²) >= 11 is 0. The molecule has 1 rings (SSSR count). The smallest absolute Gasteiger partial charge is 0.275 e. The minimum Gasteiger partial charge on any atom is -0.294 e. The second kappa shape index (κ2) is 5.61. The highest BCUT2D eigenvalue weighted by atomic mass is 16.1. The minimum absolute atomic E-state index is 0.693. The number of aromatic nitrogens is 1. The van der Waals surface area contributed by atoms with Crippen LogP contribution in [-0.2, 0) is 10.5 Å². The Kier molecular flexibility index (Phi) is 4.43. The molecular weight excluding hydrogens is 188 g/mol. The van der Waals surface area contributed by atoms with E-state index in [1.54, 1.807) is 4.57 Å². The van der Waals surface area contributed by atoms with Crippen molar-refractivity contribution in [3.63, 3.8) is 0 Å². The Morgan fingerprint density at radius 2 is 1.93 bits per heavy atom. The maximum absolute atomic E-state index is 11.1. The van der Waals surface area contributed by atoms with Gasteiger partial charge in [0, 0.05) is 18.6 Å². The summed E-state index contributed by atoms with van der Waals surface area (Å²) in [6.45, 7) is 2.13. The van der Waals surface area contributed by atoms with Gasteiger partial charge in [0.2, 0.25) is 6.29 Å². The van der Waals surface area contributed by atoms with E-state index in [1.807, 2.05) is 30.6 Å². The molecule has 1 aromatic heterocycles. The lowest BCUT2D eigenvalue weighted by molar-refractivity contribution is -0.747. The maximum Gasteiger partial charge on any atom is 0.275 e. The Morgan fingerprint density at radius 1 is 1.27 bits per heavy atom. The highest BCUT2D eigenvalue weighted by Gasteiger charge is 2.33. The van der Waals surface area contributed by atoms with Crippen molar-refractivity contribution in [3.8, 4) is 0 Å². The molecule has 0 saturated heterocycles.